The number of hydrogen-bond acceptors (Lipinski definition) is 5. The number of aryl methyl sites for hydroxylation is 1. The van der Waals surface area contributed by atoms with E-state index < -0.39 is 0 Å². The lowest BCUT2D eigenvalue weighted by Crippen LogP contribution is -2.26. The number of nitrogens with two attached hydrogens (primary N) is 1. The predicted molar refractivity (Wildman–Crippen MR) is 71.2 cm³/mol. The fraction of sp³-hybridized carbons (Fsp3) is 0.250. The van der Waals surface area contributed by atoms with Crippen LogP contribution in [0.1, 0.15) is 16.8 Å². The summed E-state index contributed by atoms with van der Waals surface area (Å²) < 4.78 is 1.72. The number of amides is 1. The number of para-hydroxylation sites is 1. The maximum Gasteiger partial charge on any atom is 0.253 e. The van der Waals surface area contributed by atoms with E-state index in [1.165, 1.54) is 0 Å². The van der Waals surface area contributed by atoms with Gasteiger partial charge in [0.1, 0.15) is 0 Å². The lowest BCUT2D eigenvalue weighted by Gasteiger charge is -2.09. The molecule has 7 heteroatoms. The summed E-state index contributed by atoms with van der Waals surface area (Å²) in [5.74, 6) is 5.21. The van der Waals surface area contributed by atoms with Gasteiger partial charge in [-0.2, -0.15) is 0 Å². The van der Waals surface area contributed by atoms with E-state index in [1.54, 1.807) is 35.3 Å². The highest BCUT2D eigenvalue weighted by Gasteiger charge is 2.08. The minimum absolute atomic E-state index is 0.146. The Bertz CT molecular complexity index is 525. The number of nitrogens with one attached hydrogen (secondary N) is 2. The van der Waals surface area contributed by atoms with Crippen LogP contribution in [0.25, 0.3) is 0 Å². The summed E-state index contributed by atoms with van der Waals surface area (Å²) in [6.45, 7) is 1.29. The SMILES string of the molecule is NNc1ccccc1C(=O)NCCCn1ccnn1. The zero-order valence-corrected chi connectivity index (χ0v) is 10.4. The number of nitrogens with zero attached hydrogens (tertiary/aromatic N) is 3. The van der Waals surface area contributed by atoms with Crippen molar-refractivity contribution in [3.63, 3.8) is 0 Å². The first-order chi connectivity index (χ1) is 9.31. The standard InChI is InChI=1S/C12H16N6O/c13-16-11-5-2-1-4-10(11)12(19)14-6-3-8-18-9-7-15-17-18/h1-2,4-5,7,9,16H,3,6,8,13H2,(H,14,19). The van der Waals surface area contributed by atoms with Crippen LogP contribution in [0, 0.1) is 0 Å². The highest BCUT2D eigenvalue weighted by atomic mass is 16.1. The second-order valence-electron chi connectivity index (χ2n) is 3.97. The molecule has 0 fully saturated rings. The quantitative estimate of drug-likeness (QED) is 0.396. The van der Waals surface area contributed by atoms with Gasteiger partial charge in [-0.05, 0) is 18.6 Å². The molecule has 1 aromatic carbocycles. The molecule has 0 aliphatic carbocycles. The van der Waals surface area contributed by atoms with Crippen LogP contribution in [0.4, 0.5) is 5.69 Å². The number of benzene rings is 1. The van der Waals surface area contributed by atoms with Crippen molar-refractivity contribution < 1.29 is 4.79 Å². The number of rotatable bonds is 6. The van der Waals surface area contributed by atoms with E-state index in [0.717, 1.165) is 13.0 Å². The first-order valence-electron chi connectivity index (χ1n) is 5.99. The van der Waals surface area contributed by atoms with Crippen molar-refractivity contribution in [1.29, 1.82) is 0 Å². The largest absolute Gasteiger partial charge is 0.352 e. The molecule has 0 radical (unpaired) electrons. The van der Waals surface area contributed by atoms with Gasteiger partial charge >= 0.3 is 0 Å². The molecule has 7 nitrogen and oxygen atoms in total. The molecule has 1 heterocycles. The second kappa shape index (κ2) is 6.50. The molecule has 0 aliphatic rings. The fourth-order valence-corrected chi connectivity index (χ4v) is 1.70. The van der Waals surface area contributed by atoms with Gasteiger partial charge in [0.2, 0.25) is 0 Å². The van der Waals surface area contributed by atoms with E-state index in [4.69, 9.17) is 5.84 Å². The molecule has 1 aromatic heterocycles. The Hall–Kier alpha value is -2.41. The number of hydrazine groups is 1. The van der Waals surface area contributed by atoms with Crippen molar-refractivity contribution in [3.8, 4) is 0 Å². The zero-order chi connectivity index (χ0) is 13.5. The topological polar surface area (TPSA) is 97.9 Å². The van der Waals surface area contributed by atoms with E-state index in [1.807, 2.05) is 6.07 Å². The van der Waals surface area contributed by atoms with E-state index in [0.29, 0.717) is 17.8 Å². The zero-order valence-electron chi connectivity index (χ0n) is 10.4. The highest BCUT2D eigenvalue weighted by Crippen LogP contribution is 2.12. The predicted octanol–water partition coefficient (Wildman–Crippen LogP) is 0.384. The monoisotopic (exact) mass is 260 g/mol. The van der Waals surface area contributed by atoms with Gasteiger partial charge in [0.05, 0.1) is 17.4 Å². The Labute approximate surface area is 110 Å². The summed E-state index contributed by atoms with van der Waals surface area (Å²) in [5, 5.41) is 10.4. The van der Waals surface area contributed by atoms with Gasteiger partial charge in [0.25, 0.3) is 5.91 Å². The van der Waals surface area contributed by atoms with Gasteiger partial charge in [-0.1, -0.05) is 17.3 Å². The maximum atomic E-state index is 11.9. The first-order valence-corrected chi connectivity index (χ1v) is 5.99. The van der Waals surface area contributed by atoms with Gasteiger partial charge in [-0.15, -0.1) is 5.10 Å². The molecule has 0 bridgehead atoms. The van der Waals surface area contributed by atoms with Crippen LogP contribution in [0.15, 0.2) is 36.7 Å². The number of nitrogen functional groups attached to an aromatic ring is 1. The number of aromatic nitrogens is 3. The molecule has 0 saturated carbocycles. The smallest absolute Gasteiger partial charge is 0.253 e. The Morgan fingerprint density at radius 2 is 2.21 bits per heavy atom. The van der Waals surface area contributed by atoms with Crippen LogP contribution < -0.4 is 16.6 Å². The summed E-state index contributed by atoms with van der Waals surface area (Å²) in [6, 6.07) is 7.09. The Morgan fingerprint density at radius 1 is 1.37 bits per heavy atom. The van der Waals surface area contributed by atoms with Crippen molar-refractivity contribution in [2.24, 2.45) is 5.84 Å². The third-order valence-electron chi connectivity index (χ3n) is 2.65. The third kappa shape index (κ3) is 3.52. The summed E-state index contributed by atoms with van der Waals surface area (Å²) in [5.41, 5.74) is 3.65. The van der Waals surface area contributed by atoms with Crippen LogP contribution >= 0.6 is 0 Å². The normalized spacial score (nSPS) is 10.2. The molecular formula is C12H16N6O. The van der Waals surface area contributed by atoms with Crippen molar-refractivity contribution >= 4 is 11.6 Å². The molecule has 0 aliphatic heterocycles. The molecule has 0 atom stereocenters. The van der Waals surface area contributed by atoms with Gasteiger partial charge in [0, 0.05) is 19.3 Å². The van der Waals surface area contributed by atoms with Crippen LogP contribution in [-0.2, 0) is 6.54 Å². The summed E-state index contributed by atoms with van der Waals surface area (Å²) >= 11 is 0. The van der Waals surface area contributed by atoms with Crippen molar-refractivity contribution in [2.75, 3.05) is 12.0 Å². The molecule has 19 heavy (non-hydrogen) atoms. The lowest BCUT2D eigenvalue weighted by atomic mass is 10.1. The fourth-order valence-electron chi connectivity index (χ4n) is 1.70. The molecule has 4 N–H and O–H groups in total. The van der Waals surface area contributed by atoms with E-state index in [9.17, 15) is 4.79 Å². The molecule has 2 rings (SSSR count). The Kier molecular flexibility index (Phi) is 4.46. The van der Waals surface area contributed by atoms with Crippen molar-refractivity contribution in [2.45, 2.75) is 13.0 Å². The molecule has 0 saturated heterocycles. The number of hydrogen-bond donors (Lipinski definition) is 3. The number of carbonyl (C=O) groups excluding carboxylic acids is 1. The molecule has 2 aromatic rings. The molecule has 0 unspecified atom stereocenters. The van der Waals surface area contributed by atoms with Crippen LogP contribution in [0.2, 0.25) is 0 Å². The molecular weight excluding hydrogens is 244 g/mol. The van der Waals surface area contributed by atoms with E-state index in [2.05, 4.69) is 21.1 Å². The van der Waals surface area contributed by atoms with Gasteiger partial charge in [-0.3, -0.25) is 15.3 Å². The van der Waals surface area contributed by atoms with Gasteiger partial charge < -0.3 is 10.7 Å². The molecule has 1 amide bonds. The van der Waals surface area contributed by atoms with Gasteiger partial charge in [0.15, 0.2) is 0 Å². The summed E-state index contributed by atoms with van der Waals surface area (Å²) in [7, 11) is 0. The second-order valence-corrected chi connectivity index (χ2v) is 3.97. The average molecular weight is 260 g/mol. The minimum atomic E-state index is -0.146. The minimum Gasteiger partial charge on any atom is -0.352 e. The number of carbonyl (C=O) groups is 1. The number of anilines is 1. The van der Waals surface area contributed by atoms with Crippen LogP contribution in [-0.4, -0.2) is 27.4 Å². The van der Waals surface area contributed by atoms with E-state index >= 15 is 0 Å². The van der Waals surface area contributed by atoms with Crippen LogP contribution in [0.5, 0.6) is 0 Å². The van der Waals surface area contributed by atoms with E-state index in [-0.39, 0.29) is 5.91 Å². The Morgan fingerprint density at radius 3 is 2.95 bits per heavy atom. The first kappa shape index (κ1) is 13.0. The van der Waals surface area contributed by atoms with Crippen molar-refractivity contribution in [3.05, 3.63) is 42.2 Å². The highest BCUT2D eigenvalue weighted by molar-refractivity contribution is 5.99. The van der Waals surface area contributed by atoms with Crippen molar-refractivity contribution in [1.82, 2.24) is 20.3 Å². The average Bonchev–Trinajstić information content (AvgIpc) is 2.96. The summed E-state index contributed by atoms with van der Waals surface area (Å²) in [4.78, 5) is 11.9. The lowest BCUT2D eigenvalue weighted by molar-refractivity contribution is 0.0953. The van der Waals surface area contributed by atoms with Crippen LogP contribution in [0.3, 0.4) is 0 Å². The summed E-state index contributed by atoms with van der Waals surface area (Å²) in [6.07, 6.45) is 4.20. The Balaban J connectivity index is 1.81. The molecule has 100 valence electrons. The molecule has 0 spiro atoms. The maximum absolute atomic E-state index is 11.9. The third-order valence-corrected chi connectivity index (χ3v) is 2.65. The van der Waals surface area contributed by atoms with Gasteiger partial charge in [-0.25, -0.2) is 0 Å².